The first kappa shape index (κ1) is 13.5. The van der Waals surface area contributed by atoms with Crippen LogP contribution < -0.4 is 5.32 Å². The van der Waals surface area contributed by atoms with Gasteiger partial charge in [0.2, 0.25) is 0 Å². The fraction of sp³-hybridized carbons (Fsp3) is 0.600. The predicted octanol–water partition coefficient (Wildman–Crippen LogP) is 2.71. The van der Waals surface area contributed by atoms with Crippen LogP contribution in [0.4, 0.5) is 4.39 Å². The average molecular weight is 250 g/mol. The van der Waals surface area contributed by atoms with Crippen LogP contribution in [0.25, 0.3) is 0 Å². The number of rotatable bonds is 4. The van der Waals surface area contributed by atoms with Crippen molar-refractivity contribution in [1.29, 1.82) is 0 Å². The Bertz CT molecular complexity index is 392. The molecule has 1 heterocycles. The van der Waals surface area contributed by atoms with E-state index in [0.29, 0.717) is 6.04 Å². The van der Waals surface area contributed by atoms with Gasteiger partial charge in [-0.2, -0.15) is 0 Å². The highest BCUT2D eigenvalue weighted by atomic mass is 19.1. The van der Waals surface area contributed by atoms with E-state index in [4.69, 9.17) is 0 Å². The second-order valence-corrected chi connectivity index (χ2v) is 5.20. The Morgan fingerprint density at radius 3 is 3.00 bits per heavy atom. The summed E-state index contributed by atoms with van der Waals surface area (Å²) in [5, 5.41) is 3.58. The van der Waals surface area contributed by atoms with E-state index in [2.05, 4.69) is 17.1 Å². The summed E-state index contributed by atoms with van der Waals surface area (Å²) >= 11 is 0. The molecule has 1 aromatic carbocycles. The standard InChI is InChI=1S/C15H23FN2/c1-3-18-8-4-5-14(11-18)17-10-13-6-7-15(16)12(2)9-13/h6-7,9,14,17H,3-5,8,10-11H2,1-2H3. The number of hydrogen-bond acceptors (Lipinski definition) is 2. The van der Waals surface area contributed by atoms with Gasteiger partial charge in [0.15, 0.2) is 0 Å². The molecule has 1 aromatic rings. The van der Waals surface area contributed by atoms with E-state index in [0.717, 1.165) is 25.2 Å². The van der Waals surface area contributed by atoms with Gasteiger partial charge in [-0.1, -0.05) is 19.1 Å². The van der Waals surface area contributed by atoms with Crippen LogP contribution in [-0.4, -0.2) is 30.6 Å². The number of nitrogens with one attached hydrogen (secondary N) is 1. The maximum Gasteiger partial charge on any atom is 0.126 e. The van der Waals surface area contributed by atoms with Crippen LogP contribution in [0.15, 0.2) is 18.2 Å². The molecule has 0 bridgehead atoms. The van der Waals surface area contributed by atoms with Crippen LogP contribution in [-0.2, 0) is 6.54 Å². The summed E-state index contributed by atoms with van der Waals surface area (Å²) in [6, 6.07) is 5.94. The van der Waals surface area contributed by atoms with E-state index in [-0.39, 0.29) is 5.82 Å². The molecule has 1 atom stereocenters. The third kappa shape index (κ3) is 3.53. The van der Waals surface area contributed by atoms with Crippen LogP contribution >= 0.6 is 0 Å². The Labute approximate surface area is 109 Å². The van der Waals surface area contributed by atoms with Gasteiger partial charge in [0.05, 0.1) is 0 Å². The normalized spacial score (nSPS) is 21.2. The van der Waals surface area contributed by atoms with Crippen LogP contribution in [0.5, 0.6) is 0 Å². The first-order valence-corrected chi connectivity index (χ1v) is 6.90. The van der Waals surface area contributed by atoms with Gasteiger partial charge in [0.1, 0.15) is 5.82 Å². The molecule has 0 aromatic heterocycles. The summed E-state index contributed by atoms with van der Waals surface area (Å²) in [7, 11) is 0. The van der Waals surface area contributed by atoms with Crippen molar-refractivity contribution < 1.29 is 4.39 Å². The van der Waals surface area contributed by atoms with Gasteiger partial charge in [-0.05, 0) is 50.0 Å². The molecule has 3 heteroatoms. The van der Waals surface area contributed by atoms with Crippen LogP contribution in [0, 0.1) is 12.7 Å². The van der Waals surface area contributed by atoms with Gasteiger partial charge >= 0.3 is 0 Å². The lowest BCUT2D eigenvalue weighted by Crippen LogP contribution is -2.45. The summed E-state index contributed by atoms with van der Waals surface area (Å²) in [5.74, 6) is -0.117. The zero-order chi connectivity index (χ0) is 13.0. The fourth-order valence-electron chi connectivity index (χ4n) is 2.59. The van der Waals surface area contributed by atoms with Gasteiger partial charge in [-0.25, -0.2) is 4.39 Å². The minimum Gasteiger partial charge on any atom is -0.309 e. The third-order valence-corrected chi connectivity index (χ3v) is 3.77. The SMILES string of the molecule is CCN1CCCC(NCc2ccc(F)c(C)c2)C1. The van der Waals surface area contributed by atoms with E-state index in [9.17, 15) is 4.39 Å². The maximum atomic E-state index is 13.2. The molecule has 18 heavy (non-hydrogen) atoms. The van der Waals surface area contributed by atoms with Crippen molar-refractivity contribution in [2.45, 2.75) is 39.3 Å². The number of halogens is 1. The number of piperidine rings is 1. The highest BCUT2D eigenvalue weighted by Gasteiger charge is 2.17. The third-order valence-electron chi connectivity index (χ3n) is 3.77. The molecule has 2 nitrogen and oxygen atoms in total. The van der Waals surface area contributed by atoms with Crippen molar-refractivity contribution in [2.75, 3.05) is 19.6 Å². The van der Waals surface area contributed by atoms with E-state index >= 15 is 0 Å². The van der Waals surface area contributed by atoms with E-state index in [1.165, 1.54) is 24.9 Å². The summed E-state index contributed by atoms with van der Waals surface area (Å²) in [5.41, 5.74) is 1.90. The molecule has 0 saturated carbocycles. The minimum absolute atomic E-state index is 0.117. The van der Waals surface area contributed by atoms with Gasteiger partial charge in [-0.15, -0.1) is 0 Å². The van der Waals surface area contributed by atoms with Gasteiger partial charge in [0.25, 0.3) is 0 Å². The highest BCUT2D eigenvalue weighted by Crippen LogP contribution is 2.12. The molecule has 1 unspecified atom stereocenters. The molecule has 1 aliphatic heterocycles. The van der Waals surface area contributed by atoms with Crippen LogP contribution in [0.3, 0.4) is 0 Å². The Kier molecular flexibility index (Phi) is 4.72. The molecule has 0 aliphatic carbocycles. The minimum atomic E-state index is -0.117. The topological polar surface area (TPSA) is 15.3 Å². The number of likely N-dealkylation sites (N-methyl/N-ethyl adjacent to an activating group) is 1. The van der Waals surface area contributed by atoms with Crippen LogP contribution in [0.2, 0.25) is 0 Å². The van der Waals surface area contributed by atoms with Crippen LogP contribution in [0.1, 0.15) is 30.9 Å². The molecule has 2 rings (SSSR count). The number of aryl methyl sites for hydroxylation is 1. The molecule has 100 valence electrons. The molecule has 1 aliphatic rings. The lowest BCUT2D eigenvalue weighted by molar-refractivity contribution is 0.198. The Balaban J connectivity index is 1.85. The van der Waals surface area contributed by atoms with Crippen molar-refractivity contribution in [3.05, 3.63) is 35.1 Å². The second-order valence-electron chi connectivity index (χ2n) is 5.20. The van der Waals surface area contributed by atoms with Crippen molar-refractivity contribution in [3.63, 3.8) is 0 Å². The summed E-state index contributed by atoms with van der Waals surface area (Å²) in [6.07, 6.45) is 2.52. The van der Waals surface area contributed by atoms with Crippen molar-refractivity contribution >= 4 is 0 Å². The van der Waals surface area contributed by atoms with E-state index < -0.39 is 0 Å². The van der Waals surface area contributed by atoms with Crippen molar-refractivity contribution in [3.8, 4) is 0 Å². The molecule has 1 fully saturated rings. The maximum absolute atomic E-state index is 13.2. The number of hydrogen-bond donors (Lipinski definition) is 1. The lowest BCUT2D eigenvalue weighted by Gasteiger charge is -2.32. The largest absolute Gasteiger partial charge is 0.309 e. The van der Waals surface area contributed by atoms with Gasteiger partial charge in [0, 0.05) is 19.1 Å². The number of benzene rings is 1. The molecular weight excluding hydrogens is 227 g/mol. The zero-order valence-electron chi connectivity index (χ0n) is 11.4. The predicted molar refractivity (Wildman–Crippen MR) is 73.1 cm³/mol. The Morgan fingerprint density at radius 1 is 1.44 bits per heavy atom. The Hall–Kier alpha value is -0.930. The number of nitrogens with zero attached hydrogens (tertiary/aromatic N) is 1. The first-order chi connectivity index (χ1) is 8.69. The Morgan fingerprint density at radius 2 is 2.28 bits per heavy atom. The molecule has 0 amide bonds. The monoisotopic (exact) mass is 250 g/mol. The molecule has 1 saturated heterocycles. The highest BCUT2D eigenvalue weighted by molar-refractivity contribution is 5.23. The summed E-state index contributed by atoms with van der Waals surface area (Å²) < 4.78 is 13.2. The fourth-order valence-corrected chi connectivity index (χ4v) is 2.59. The summed E-state index contributed by atoms with van der Waals surface area (Å²) in [6.45, 7) is 8.36. The smallest absolute Gasteiger partial charge is 0.126 e. The zero-order valence-corrected chi connectivity index (χ0v) is 11.4. The quantitative estimate of drug-likeness (QED) is 0.884. The van der Waals surface area contributed by atoms with E-state index in [1.54, 1.807) is 6.07 Å². The number of likely N-dealkylation sites (tertiary alicyclic amines) is 1. The lowest BCUT2D eigenvalue weighted by atomic mass is 10.0. The molecule has 1 N–H and O–H groups in total. The van der Waals surface area contributed by atoms with Gasteiger partial charge < -0.3 is 10.2 Å². The average Bonchev–Trinajstić information content (AvgIpc) is 2.40. The first-order valence-electron chi connectivity index (χ1n) is 6.90. The molecule has 0 spiro atoms. The summed E-state index contributed by atoms with van der Waals surface area (Å²) in [4.78, 5) is 2.48. The second kappa shape index (κ2) is 6.30. The van der Waals surface area contributed by atoms with Crippen molar-refractivity contribution in [1.82, 2.24) is 10.2 Å². The van der Waals surface area contributed by atoms with E-state index in [1.807, 2.05) is 19.1 Å². The molecule has 0 radical (unpaired) electrons. The molecular formula is C15H23FN2. The van der Waals surface area contributed by atoms with Crippen molar-refractivity contribution in [2.24, 2.45) is 0 Å². The van der Waals surface area contributed by atoms with Gasteiger partial charge in [-0.3, -0.25) is 0 Å².